The first kappa shape index (κ1) is 14.3. The van der Waals surface area contributed by atoms with Crippen molar-refractivity contribution in [3.05, 3.63) is 28.8 Å². The fourth-order valence-corrected chi connectivity index (χ4v) is 1.53. The van der Waals surface area contributed by atoms with E-state index >= 15 is 0 Å². The summed E-state index contributed by atoms with van der Waals surface area (Å²) >= 11 is 9.37. The average molecular weight is 343 g/mol. The number of hydrogen-bond acceptors (Lipinski definition) is 1. The van der Waals surface area contributed by atoms with E-state index in [9.17, 15) is 0 Å². The van der Waals surface area contributed by atoms with Crippen LogP contribution in [0.3, 0.4) is 0 Å². The Balaban J connectivity index is 0.00000169. The monoisotopic (exact) mass is 341 g/mol. The number of hydrogen-bond donors (Lipinski definition) is 1. The van der Waals surface area contributed by atoms with E-state index in [4.69, 9.17) is 11.6 Å². The van der Waals surface area contributed by atoms with Gasteiger partial charge in [-0.3, -0.25) is 0 Å². The normalized spacial score (nSPS) is 11.7. The summed E-state index contributed by atoms with van der Waals surface area (Å²) in [4.78, 5) is 0.326. The van der Waals surface area contributed by atoms with Crippen molar-refractivity contribution in [2.45, 2.75) is 25.2 Å². The number of anilines is 1. The van der Waals surface area contributed by atoms with Crippen LogP contribution in [0.1, 0.15) is 18.9 Å². The van der Waals surface area contributed by atoms with Crippen molar-refractivity contribution < 1.29 is 0 Å². The molecule has 1 atom stereocenters. The largest absolute Gasteiger partial charge is 0.373 e. The van der Waals surface area contributed by atoms with Crippen molar-refractivity contribution in [2.24, 2.45) is 0 Å². The molecule has 0 bridgehead atoms. The van der Waals surface area contributed by atoms with Crippen LogP contribution in [0.15, 0.2) is 18.2 Å². The Morgan fingerprint density at radius 3 is 2.64 bits per heavy atom. The Morgan fingerprint density at radius 1 is 1.50 bits per heavy atom. The van der Waals surface area contributed by atoms with Gasteiger partial charge in [0.2, 0.25) is 0 Å². The smallest absolute Gasteiger partial charge is 0.0815 e. The summed E-state index contributed by atoms with van der Waals surface area (Å²) in [5.74, 6) is 0. The average Bonchev–Trinajstić information content (AvgIpc) is 2.09. The molecule has 1 nitrogen and oxygen atoms in total. The minimum Gasteiger partial charge on any atom is -0.373 e. The van der Waals surface area contributed by atoms with Crippen LogP contribution in [-0.2, 0) is 0 Å². The highest BCUT2D eigenvalue weighted by Gasteiger charge is 2.02. The zero-order chi connectivity index (χ0) is 9.84. The third-order valence-electron chi connectivity index (χ3n) is 1.86. The highest BCUT2D eigenvalue weighted by molar-refractivity contribution is 9.09. The quantitative estimate of drug-likeness (QED) is 0.616. The molecule has 0 heterocycles. The molecule has 0 fully saturated rings. The molecule has 0 aromatic heterocycles. The van der Waals surface area contributed by atoms with E-state index in [0.717, 1.165) is 17.1 Å². The molecular weight excluding hydrogens is 329 g/mol. The zero-order valence-corrected chi connectivity index (χ0v) is 12.2. The Bertz CT molecular complexity index is 291. The van der Waals surface area contributed by atoms with Crippen LogP contribution in [-0.4, -0.2) is 4.95 Å². The predicted molar refractivity (Wildman–Crippen MR) is 73.1 cm³/mol. The van der Waals surface area contributed by atoms with Gasteiger partial charge in [-0.25, -0.2) is 0 Å². The molecular formula is C10H14Br2ClN. The summed E-state index contributed by atoms with van der Waals surface area (Å²) < 4.78 is 0. The van der Waals surface area contributed by atoms with Crippen LogP contribution in [0.4, 0.5) is 5.69 Å². The van der Waals surface area contributed by atoms with Gasteiger partial charge in [-0.15, -0.1) is 17.0 Å². The van der Waals surface area contributed by atoms with Gasteiger partial charge in [-0.2, -0.15) is 0 Å². The summed E-state index contributed by atoms with van der Waals surface area (Å²) in [6.45, 7) is 4.17. The lowest BCUT2D eigenvalue weighted by Gasteiger charge is -2.13. The van der Waals surface area contributed by atoms with Gasteiger partial charge in [0.15, 0.2) is 0 Å². The van der Waals surface area contributed by atoms with Gasteiger partial charge in [0.1, 0.15) is 0 Å². The number of rotatable bonds is 3. The molecule has 1 aromatic carbocycles. The molecule has 0 saturated heterocycles. The first-order valence-electron chi connectivity index (χ1n) is 4.30. The number of halogens is 3. The third kappa shape index (κ3) is 4.20. The Hall–Kier alpha value is 0.270. The standard InChI is InChI=1S/C10H13BrClN.BrH/c1-3-10(11)13-9-5-4-8(12)6-7(9)2;/h4-6,10,13H,3H2,1-2H3;1H. The van der Waals surface area contributed by atoms with Gasteiger partial charge in [0.05, 0.1) is 4.95 Å². The van der Waals surface area contributed by atoms with Crippen LogP contribution < -0.4 is 5.32 Å². The lowest BCUT2D eigenvalue weighted by atomic mass is 10.2. The molecule has 0 aliphatic carbocycles. The van der Waals surface area contributed by atoms with Gasteiger partial charge in [-0.1, -0.05) is 34.5 Å². The Morgan fingerprint density at radius 2 is 2.14 bits per heavy atom. The van der Waals surface area contributed by atoms with Crippen molar-refractivity contribution in [3.8, 4) is 0 Å². The molecule has 1 rings (SSSR count). The number of benzene rings is 1. The van der Waals surface area contributed by atoms with Crippen LogP contribution in [0.25, 0.3) is 0 Å². The van der Waals surface area contributed by atoms with Crippen LogP contribution in [0, 0.1) is 6.92 Å². The fraction of sp³-hybridized carbons (Fsp3) is 0.400. The lowest BCUT2D eigenvalue weighted by molar-refractivity contribution is 0.932. The lowest BCUT2D eigenvalue weighted by Crippen LogP contribution is -2.10. The summed E-state index contributed by atoms with van der Waals surface area (Å²) in [7, 11) is 0. The van der Waals surface area contributed by atoms with Crippen LogP contribution >= 0.6 is 44.5 Å². The number of alkyl halides is 1. The SMILES string of the molecule is Br.CCC(Br)Nc1ccc(Cl)cc1C. The fourth-order valence-electron chi connectivity index (χ4n) is 1.06. The van der Waals surface area contributed by atoms with E-state index in [-0.39, 0.29) is 17.0 Å². The second-order valence-electron chi connectivity index (χ2n) is 2.98. The maximum absolute atomic E-state index is 5.85. The third-order valence-corrected chi connectivity index (χ3v) is 2.97. The summed E-state index contributed by atoms with van der Waals surface area (Å²) in [5, 5.41) is 4.13. The minimum atomic E-state index is 0. The minimum absolute atomic E-state index is 0. The van der Waals surface area contributed by atoms with Crippen molar-refractivity contribution in [1.82, 2.24) is 0 Å². The topological polar surface area (TPSA) is 12.0 Å². The molecule has 0 amide bonds. The molecule has 80 valence electrons. The zero-order valence-electron chi connectivity index (χ0n) is 8.18. The van der Waals surface area contributed by atoms with Crippen LogP contribution in [0.5, 0.6) is 0 Å². The van der Waals surface area contributed by atoms with Crippen molar-refractivity contribution >= 4 is 50.2 Å². The molecule has 1 aromatic rings. The highest BCUT2D eigenvalue weighted by atomic mass is 79.9. The molecule has 14 heavy (non-hydrogen) atoms. The molecule has 0 aliphatic rings. The molecule has 0 spiro atoms. The van der Waals surface area contributed by atoms with Crippen molar-refractivity contribution in [3.63, 3.8) is 0 Å². The molecule has 0 saturated carbocycles. The van der Waals surface area contributed by atoms with Crippen molar-refractivity contribution in [1.29, 1.82) is 0 Å². The maximum Gasteiger partial charge on any atom is 0.0815 e. The molecule has 0 aliphatic heterocycles. The second kappa shape index (κ2) is 6.70. The summed E-state index contributed by atoms with van der Waals surface area (Å²) in [6.07, 6.45) is 1.04. The van der Waals surface area contributed by atoms with Crippen molar-refractivity contribution in [2.75, 3.05) is 5.32 Å². The van der Waals surface area contributed by atoms with Gasteiger partial charge < -0.3 is 5.32 Å². The Labute approximate surface area is 109 Å². The van der Waals surface area contributed by atoms with E-state index in [0.29, 0.717) is 4.95 Å². The second-order valence-corrected chi connectivity index (χ2v) is 4.52. The molecule has 1 N–H and O–H groups in total. The van der Waals surface area contributed by atoms with Gasteiger partial charge in [0.25, 0.3) is 0 Å². The van der Waals surface area contributed by atoms with Gasteiger partial charge >= 0.3 is 0 Å². The molecule has 0 radical (unpaired) electrons. The Kier molecular flexibility index (Phi) is 6.83. The summed E-state index contributed by atoms with van der Waals surface area (Å²) in [5.41, 5.74) is 2.30. The van der Waals surface area contributed by atoms with Crippen LogP contribution in [0.2, 0.25) is 5.02 Å². The molecule has 4 heteroatoms. The number of aryl methyl sites for hydroxylation is 1. The first-order valence-corrected chi connectivity index (χ1v) is 5.59. The van der Waals surface area contributed by atoms with E-state index < -0.39 is 0 Å². The van der Waals surface area contributed by atoms with E-state index in [2.05, 4.69) is 28.2 Å². The maximum atomic E-state index is 5.85. The summed E-state index contributed by atoms with van der Waals surface area (Å²) in [6, 6.07) is 5.85. The van der Waals surface area contributed by atoms with E-state index in [1.165, 1.54) is 5.56 Å². The van der Waals surface area contributed by atoms with Gasteiger partial charge in [-0.05, 0) is 37.1 Å². The van der Waals surface area contributed by atoms with E-state index in [1.807, 2.05) is 25.1 Å². The highest BCUT2D eigenvalue weighted by Crippen LogP contribution is 2.21. The van der Waals surface area contributed by atoms with Gasteiger partial charge in [0, 0.05) is 10.7 Å². The molecule has 1 unspecified atom stereocenters. The van der Waals surface area contributed by atoms with E-state index in [1.54, 1.807) is 0 Å². The predicted octanol–water partition coefficient (Wildman–Crippen LogP) is 4.77. The number of nitrogens with one attached hydrogen (secondary N) is 1. The first-order chi connectivity index (χ1) is 6.13.